The number of hydrogen-bond acceptors (Lipinski definition) is 4. The highest BCUT2D eigenvalue weighted by atomic mass is 32.1. The molecule has 1 atom stereocenters. The maximum Gasteiger partial charge on any atom is 0.222 e. The van der Waals surface area contributed by atoms with E-state index in [0.29, 0.717) is 17.7 Å². The third kappa shape index (κ3) is 5.12. The van der Waals surface area contributed by atoms with Gasteiger partial charge >= 0.3 is 0 Å². The fraction of sp³-hybridized carbons (Fsp3) is 0.318. The number of carbonyl (C=O) groups excluding carboxylic acids is 1. The normalized spacial score (nSPS) is 11.8. The second kappa shape index (κ2) is 9.52. The van der Waals surface area contributed by atoms with E-state index in [1.54, 1.807) is 7.11 Å². The Labute approximate surface area is 175 Å². The predicted octanol–water partition coefficient (Wildman–Crippen LogP) is 4.58. The number of aromatic nitrogens is 3. The quantitative estimate of drug-likeness (QED) is 0.533. The summed E-state index contributed by atoms with van der Waals surface area (Å²) in [6.45, 7) is 4.55. The Hall–Kier alpha value is -2.93. The number of ether oxygens (including phenoxy) is 1. The summed E-state index contributed by atoms with van der Waals surface area (Å²) < 4.78 is 7.58. The van der Waals surface area contributed by atoms with Crippen LogP contribution in [0.1, 0.15) is 36.9 Å². The number of aryl methyl sites for hydroxylation is 1. The Morgan fingerprint density at radius 2 is 1.90 bits per heavy atom. The van der Waals surface area contributed by atoms with Gasteiger partial charge in [0.05, 0.1) is 13.2 Å². The SMILES string of the molecule is CCC(NC(=O)CCn1c(-c2ccc(C)cc2)n[nH]c1=S)c1ccc(OC)cc1. The summed E-state index contributed by atoms with van der Waals surface area (Å²) in [5.41, 5.74) is 3.20. The van der Waals surface area contributed by atoms with Gasteiger partial charge in [0.15, 0.2) is 10.6 Å². The first-order valence-corrected chi connectivity index (χ1v) is 10.1. The highest BCUT2D eigenvalue weighted by Crippen LogP contribution is 2.21. The van der Waals surface area contributed by atoms with Crippen LogP contribution in [0.3, 0.4) is 0 Å². The van der Waals surface area contributed by atoms with Gasteiger partial charge in [0.25, 0.3) is 0 Å². The Balaban J connectivity index is 1.66. The lowest BCUT2D eigenvalue weighted by Crippen LogP contribution is -2.29. The van der Waals surface area contributed by atoms with E-state index in [2.05, 4.69) is 22.4 Å². The van der Waals surface area contributed by atoms with Crippen molar-refractivity contribution < 1.29 is 9.53 Å². The number of benzene rings is 2. The van der Waals surface area contributed by atoms with Gasteiger partial charge in [0, 0.05) is 18.5 Å². The summed E-state index contributed by atoms with van der Waals surface area (Å²) in [4.78, 5) is 12.6. The zero-order valence-electron chi connectivity index (χ0n) is 16.9. The number of nitrogens with one attached hydrogen (secondary N) is 2. The molecule has 6 nitrogen and oxygen atoms in total. The fourth-order valence-electron chi connectivity index (χ4n) is 3.19. The van der Waals surface area contributed by atoms with Crippen LogP contribution in [-0.2, 0) is 11.3 Å². The molecule has 7 heteroatoms. The molecule has 1 unspecified atom stereocenters. The van der Waals surface area contributed by atoms with Crippen molar-refractivity contribution in [1.29, 1.82) is 0 Å². The molecule has 2 aromatic carbocycles. The zero-order chi connectivity index (χ0) is 20.8. The minimum Gasteiger partial charge on any atom is -0.497 e. The van der Waals surface area contributed by atoms with Crippen molar-refractivity contribution in [3.8, 4) is 17.1 Å². The summed E-state index contributed by atoms with van der Waals surface area (Å²) in [7, 11) is 1.64. The number of aromatic amines is 1. The predicted molar refractivity (Wildman–Crippen MR) is 116 cm³/mol. The van der Waals surface area contributed by atoms with Gasteiger partial charge in [0.2, 0.25) is 5.91 Å². The molecule has 0 spiro atoms. The van der Waals surface area contributed by atoms with Crippen LogP contribution >= 0.6 is 12.2 Å². The highest BCUT2D eigenvalue weighted by Gasteiger charge is 2.15. The molecule has 0 saturated heterocycles. The smallest absolute Gasteiger partial charge is 0.222 e. The third-order valence-corrected chi connectivity index (χ3v) is 5.20. The second-order valence-corrected chi connectivity index (χ2v) is 7.31. The summed E-state index contributed by atoms with van der Waals surface area (Å²) in [6.07, 6.45) is 1.12. The van der Waals surface area contributed by atoms with Crippen molar-refractivity contribution in [3.63, 3.8) is 0 Å². The minimum atomic E-state index is -0.0395. The molecule has 0 aliphatic carbocycles. The van der Waals surface area contributed by atoms with Crippen molar-refractivity contribution in [1.82, 2.24) is 20.1 Å². The van der Waals surface area contributed by atoms with Gasteiger partial charge in [-0.25, -0.2) is 0 Å². The van der Waals surface area contributed by atoms with Crippen LogP contribution in [0.15, 0.2) is 48.5 Å². The summed E-state index contributed by atoms with van der Waals surface area (Å²) >= 11 is 5.36. The molecule has 1 amide bonds. The van der Waals surface area contributed by atoms with Crippen LogP contribution in [0.2, 0.25) is 0 Å². The van der Waals surface area contributed by atoms with Crippen LogP contribution < -0.4 is 10.1 Å². The van der Waals surface area contributed by atoms with E-state index in [4.69, 9.17) is 17.0 Å². The zero-order valence-corrected chi connectivity index (χ0v) is 17.8. The van der Waals surface area contributed by atoms with Gasteiger partial charge in [-0.05, 0) is 43.3 Å². The number of nitrogens with zero attached hydrogens (tertiary/aromatic N) is 2. The van der Waals surface area contributed by atoms with Crippen molar-refractivity contribution in [2.24, 2.45) is 0 Å². The van der Waals surface area contributed by atoms with Crippen molar-refractivity contribution >= 4 is 18.1 Å². The molecule has 0 aliphatic rings. The maximum atomic E-state index is 12.6. The van der Waals surface area contributed by atoms with Gasteiger partial charge in [-0.2, -0.15) is 5.10 Å². The van der Waals surface area contributed by atoms with Gasteiger partial charge in [-0.3, -0.25) is 14.5 Å². The number of carbonyl (C=O) groups is 1. The molecule has 0 bridgehead atoms. The Morgan fingerprint density at radius 3 is 2.52 bits per heavy atom. The number of methoxy groups -OCH3 is 1. The average molecular weight is 411 g/mol. The van der Waals surface area contributed by atoms with Crippen LogP contribution in [0.25, 0.3) is 11.4 Å². The van der Waals surface area contributed by atoms with Crippen LogP contribution in [0.5, 0.6) is 5.75 Å². The molecule has 1 aromatic heterocycles. The Bertz CT molecular complexity index is 1010. The number of hydrogen-bond donors (Lipinski definition) is 2. The monoisotopic (exact) mass is 410 g/mol. The molecule has 3 rings (SSSR count). The lowest BCUT2D eigenvalue weighted by Gasteiger charge is -2.18. The first-order chi connectivity index (χ1) is 14.0. The minimum absolute atomic E-state index is 0.0226. The molecule has 29 heavy (non-hydrogen) atoms. The standard InChI is InChI=1S/C22H26N4O2S/c1-4-19(16-9-11-18(28-3)12-10-16)23-20(27)13-14-26-21(24-25-22(26)29)17-7-5-15(2)6-8-17/h5-12,19H,4,13-14H2,1-3H3,(H,23,27)(H,25,29). The van der Waals surface area contributed by atoms with E-state index in [9.17, 15) is 4.79 Å². The lowest BCUT2D eigenvalue weighted by atomic mass is 10.0. The van der Waals surface area contributed by atoms with E-state index in [1.165, 1.54) is 5.56 Å². The van der Waals surface area contributed by atoms with Crippen LogP contribution in [0.4, 0.5) is 0 Å². The van der Waals surface area contributed by atoms with Gasteiger partial charge in [-0.15, -0.1) is 0 Å². The Morgan fingerprint density at radius 1 is 1.21 bits per heavy atom. The molecular formula is C22H26N4O2S. The molecular weight excluding hydrogens is 384 g/mol. The average Bonchev–Trinajstić information content (AvgIpc) is 3.11. The lowest BCUT2D eigenvalue weighted by molar-refractivity contribution is -0.122. The molecule has 0 aliphatic heterocycles. The van der Waals surface area contributed by atoms with E-state index >= 15 is 0 Å². The molecule has 0 saturated carbocycles. The first kappa shape index (κ1) is 20.8. The maximum absolute atomic E-state index is 12.6. The summed E-state index contributed by atoms with van der Waals surface area (Å²) in [5, 5.41) is 10.3. The van der Waals surface area contributed by atoms with Crippen molar-refractivity contribution in [3.05, 3.63) is 64.4 Å². The van der Waals surface area contributed by atoms with E-state index in [1.807, 2.05) is 60.0 Å². The number of H-pyrrole nitrogens is 1. The van der Waals surface area contributed by atoms with Gasteiger partial charge < -0.3 is 10.1 Å². The van der Waals surface area contributed by atoms with Crippen molar-refractivity contribution in [2.75, 3.05) is 7.11 Å². The van der Waals surface area contributed by atoms with Crippen LogP contribution in [-0.4, -0.2) is 27.8 Å². The second-order valence-electron chi connectivity index (χ2n) is 6.92. The van der Waals surface area contributed by atoms with E-state index < -0.39 is 0 Å². The fourth-order valence-corrected chi connectivity index (χ4v) is 3.41. The molecule has 0 fully saturated rings. The third-order valence-electron chi connectivity index (χ3n) is 4.89. The molecule has 2 N–H and O–H groups in total. The van der Waals surface area contributed by atoms with E-state index in [0.717, 1.165) is 29.1 Å². The molecule has 1 heterocycles. The number of rotatable bonds is 8. The molecule has 3 aromatic rings. The molecule has 152 valence electrons. The van der Waals surface area contributed by atoms with Gasteiger partial charge in [-0.1, -0.05) is 48.9 Å². The largest absolute Gasteiger partial charge is 0.497 e. The molecule has 0 radical (unpaired) electrons. The first-order valence-electron chi connectivity index (χ1n) is 9.67. The highest BCUT2D eigenvalue weighted by molar-refractivity contribution is 7.71. The summed E-state index contributed by atoms with van der Waals surface area (Å²) in [5.74, 6) is 1.52. The van der Waals surface area contributed by atoms with Crippen LogP contribution in [0, 0.1) is 11.7 Å². The summed E-state index contributed by atoms with van der Waals surface area (Å²) in [6, 6.07) is 15.8. The topological polar surface area (TPSA) is 71.9 Å². The van der Waals surface area contributed by atoms with E-state index in [-0.39, 0.29) is 11.9 Å². The number of amides is 1. The van der Waals surface area contributed by atoms with Gasteiger partial charge in [0.1, 0.15) is 5.75 Å². The van der Waals surface area contributed by atoms with Crippen molar-refractivity contribution in [2.45, 2.75) is 39.3 Å². The Kier molecular flexibility index (Phi) is 6.82.